The van der Waals surface area contributed by atoms with Crippen LogP contribution in [-0.4, -0.2) is 18.0 Å². The Balaban J connectivity index is 2.13. The van der Waals surface area contributed by atoms with E-state index in [0.717, 1.165) is 0 Å². The van der Waals surface area contributed by atoms with E-state index in [2.05, 4.69) is 94.9 Å². The number of hydrogen-bond donors (Lipinski definition) is 0. The van der Waals surface area contributed by atoms with Crippen LogP contribution in [-0.2, 0) is 0 Å². The van der Waals surface area contributed by atoms with Crippen molar-refractivity contribution in [1.29, 1.82) is 0 Å². The zero-order chi connectivity index (χ0) is 17.0. The van der Waals surface area contributed by atoms with Gasteiger partial charge < -0.3 is 0 Å². The normalized spacial score (nSPS) is 11.2. The molecule has 0 aliphatic heterocycles. The van der Waals surface area contributed by atoms with Gasteiger partial charge in [0.2, 0.25) is 0 Å². The molecule has 0 spiro atoms. The Hall–Kier alpha value is -3.04. The third-order valence-corrected chi connectivity index (χ3v) is 9.44. The molecule has 0 fully saturated rings. The minimum atomic E-state index is -2.38. The Morgan fingerprint density at radius 3 is 1.08 bits per heavy atom. The summed E-state index contributed by atoms with van der Waals surface area (Å²) in [7, 11) is -2.38. The van der Waals surface area contributed by atoms with E-state index >= 15 is 0 Å². The van der Waals surface area contributed by atoms with E-state index < -0.39 is 8.07 Å². The minimum Gasteiger partial charge on any atom is -0.265 e. The molecule has 3 heteroatoms. The SMILES string of the molecule is c1ccc([Si](c2ccccc2)(c2ccncc2)c2ccncc2)cc1. The lowest BCUT2D eigenvalue weighted by Crippen LogP contribution is -2.74. The Kier molecular flexibility index (Phi) is 4.23. The molecule has 2 aromatic heterocycles. The highest BCUT2D eigenvalue weighted by atomic mass is 28.3. The second kappa shape index (κ2) is 6.83. The Labute approximate surface area is 148 Å². The highest BCUT2D eigenvalue weighted by Crippen LogP contribution is 2.08. The fourth-order valence-corrected chi connectivity index (χ4v) is 8.26. The van der Waals surface area contributed by atoms with Gasteiger partial charge in [0.15, 0.2) is 8.07 Å². The van der Waals surface area contributed by atoms with Gasteiger partial charge in [-0.25, -0.2) is 0 Å². The van der Waals surface area contributed by atoms with Crippen molar-refractivity contribution in [2.75, 3.05) is 0 Å². The molecular formula is C22H18N2Si. The summed E-state index contributed by atoms with van der Waals surface area (Å²) in [6.45, 7) is 0. The fraction of sp³-hybridized carbons (Fsp3) is 0. The molecule has 0 N–H and O–H groups in total. The van der Waals surface area contributed by atoms with Crippen LogP contribution in [0.2, 0.25) is 0 Å². The molecule has 0 unspecified atom stereocenters. The molecule has 2 heterocycles. The lowest BCUT2D eigenvalue weighted by atomic mass is 10.4. The molecule has 0 aliphatic carbocycles. The van der Waals surface area contributed by atoms with E-state index in [1.165, 1.54) is 20.7 Å². The first kappa shape index (κ1) is 15.5. The number of pyridine rings is 2. The van der Waals surface area contributed by atoms with Crippen molar-refractivity contribution < 1.29 is 0 Å². The molecule has 2 aromatic carbocycles. The molecule has 0 radical (unpaired) electrons. The first-order valence-corrected chi connectivity index (χ1v) is 10.3. The molecule has 25 heavy (non-hydrogen) atoms. The van der Waals surface area contributed by atoms with E-state index in [-0.39, 0.29) is 0 Å². The first-order chi connectivity index (χ1) is 12.4. The largest absolute Gasteiger partial charge is 0.265 e. The molecule has 120 valence electrons. The third-order valence-electron chi connectivity index (χ3n) is 4.64. The molecule has 0 amide bonds. The van der Waals surface area contributed by atoms with Crippen molar-refractivity contribution in [3.63, 3.8) is 0 Å². The highest BCUT2D eigenvalue weighted by molar-refractivity contribution is 7.19. The quantitative estimate of drug-likeness (QED) is 0.531. The average molecular weight is 338 g/mol. The fourth-order valence-electron chi connectivity index (χ4n) is 3.58. The summed E-state index contributed by atoms with van der Waals surface area (Å²) in [5, 5.41) is 5.37. The highest BCUT2D eigenvalue weighted by Gasteiger charge is 2.41. The predicted octanol–water partition coefficient (Wildman–Crippen LogP) is 1.85. The van der Waals surface area contributed by atoms with Gasteiger partial charge in [0.05, 0.1) is 0 Å². The predicted molar refractivity (Wildman–Crippen MR) is 106 cm³/mol. The van der Waals surface area contributed by atoms with Gasteiger partial charge in [0.25, 0.3) is 0 Å². The van der Waals surface area contributed by atoms with Crippen LogP contribution in [0.1, 0.15) is 0 Å². The van der Waals surface area contributed by atoms with Gasteiger partial charge in [-0.3, -0.25) is 9.97 Å². The number of rotatable bonds is 4. The van der Waals surface area contributed by atoms with Crippen LogP contribution in [0, 0.1) is 0 Å². The van der Waals surface area contributed by atoms with Crippen molar-refractivity contribution in [2.24, 2.45) is 0 Å². The summed E-state index contributed by atoms with van der Waals surface area (Å²) in [5.41, 5.74) is 0. The molecule has 0 aliphatic rings. The average Bonchev–Trinajstić information content (AvgIpc) is 2.72. The Bertz CT molecular complexity index is 763. The maximum absolute atomic E-state index is 4.25. The molecule has 0 atom stereocenters. The maximum atomic E-state index is 4.25. The second-order valence-electron chi connectivity index (χ2n) is 5.95. The monoisotopic (exact) mass is 338 g/mol. The van der Waals surface area contributed by atoms with E-state index in [0.29, 0.717) is 0 Å². The summed E-state index contributed by atoms with van der Waals surface area (Å²) in [6, 6.07) is 30.3. The number of aromatic nitrogens is 2. The van der Waals surface area contributed by atoms with E-state index in [9.17, 15) is 0 Å². The summed E-state index contributed by atoms with van der Waals surface area (Å²) in [6.07, 6.45) is 7.57. The van der Waals surface area contributed by atoms with E-state index in [1.807, 2.05) is 24.8 Å². The van der Waals surface area contributed by atoms with Crippen LogP contribution in [0.3, 0.4) is 0 Å². The topological polar surface area (TPSA) is 25.8 Å². The van der Waals surface area contributed by atoms with Gasteiger partial charge in [-0.1, -0.05) is 60.7 Å². The van der Waals surface area contributed by atoms with Crippen LogP contribution in [0.4, 0.5) is 0 Å². The third kappa shape index (κ3) is 2.69. The van der Waals surface area contributed by atoms with Crippen LogP contribution in [0.15, 0.2) is 110 Å². The van der Waals surface area contributed by atoms with Crippen molar-refractivity contribution in [3.05, 3.63) is 110 Å². The van der Waals surface area contributed by atoms with Crippen LogP contribution >= 0.6 is 0 Å². The minimum absolute atomic E-state index is 1.33. The van der Waals surface area contributed by atoms with Gasteiger partial charge in [-0.05, 0) is 45.0 Å². The summed E-state index contributed by atoms with van der Waals surface area (Å²) in [4.78, 5) is 8.50. The first-order valence-electron chi connectivity index (χ1n) is 8.34. The van der Waals surface area contributed by atoms with Gasteiger partial charge in [0, 0.05) is 24.8 Å². The van der Waals surface area contributed by atoms with Gasteiger partial charge in [-0.2, -0.15) is 0 Å². The van der Waals surface area contributed by atoms with Crippen LogP contribution in [0.25, 0.3) is 0 Å². The Morgan fingerprint density at radius 2 is 0.720 bits per heavy atom. The summed E-state index contributed by atoms with van der Waals surface area (Å²) in [5.74, 6) is 0. The van der Waals surface area contributed by atoms with Crippen molar-refractivity contribution in [1.82, 2.24) is 9.97 Å². The number of nitrogens with zero attached hydrogens (tertiary/aromatic N) is 2. The molecule has 0 saturated heterocycles. The molecule has 2 nitrogen and oxygen atoms in total. The van der Waals surface area contributed by atoms with E-state index in [4.69, 9.17) is 0 Å². The van der Waals surface area contributed by atoms with Gasteiger partial charge in [-0.15, -0.1) is 0 Å². The number of benzene rings is 2. The van der Waals surface area contributed by atoms with Crippen molar-refractivity contribution >= 4 is 28.8 Å². The molecule has 0 saturated carbocycles. The second-order valence-corrected chi connectivity index (χ2v) is 9.76. The van der Waals surface area contributed by atoms with Crippen LogP contribution in [0.5, 0.6) is 0 Å². The zero-order valence-electron chi connectivity index (χ0n) is 13.8. The lowest BCUT2D eigenvalue weighted by molar-refractivity contribution is 1.33. The Morgan fingerprint density at radius 1 is 0.400 bits per heavy atom. The standard InChI is InChI=1S/C22H18N2Si/c1-3-7-19(8-4-1)25(20-9-5-2-6-10-20,21-11-15-23-16-12-21)22-13-17-24-18-14-22/h1-18H. The van der Waals surface area contributed by atoms with Crippen molar-refractivity contribution in [3.8, 4) is 0 Å². The summed E-state index contributed by atoms with van der Waals surface area (Å²) >= 11 is 0. The smallest absolute Gasteiger partial charge is 0.179 e. The van der Waals surface area contributed by atoms with Gasteiger partial charge >= 0.3 is 0 Å². The van der Waals surface area contributed by atoms with Gasteiger partial charge in [0.1, 0.15) is 0 Å². The summed E-state index contributed by atoms with van der Waals surface area (Å²) < 4.78 is 0. The molecular weight excluding hydrogens is 320 g/mol. The zero-order valence-corrected chi connectivity index (χ0v) is 14.8. The van der Waals surface area contributed by atoms with Crippen molar-refractivity contribution in [2.45, 2.75) is 0 Å². The van der Waals surface area contributed by atoms with E-state index in [1.54, 1.807) is 0 Å². The molecule has 0 bridgehead atoms. The molecule has 4 rings (SSSR count). The maximum Gasteiger partial charge on any atom is 0.179 e. The molecule has 4 aromatic rings. The number of hydrogen-bond acceptors (Lipinski definition) is 2. The van der Waals surface area contributed by atoms with Crippen LogP contribution < -0.4 is 20.7 Å². The lowest BCUT2D eigenvalue weighted by Gasteiger charge is -2.34.